The lowest BCUT2D eigenvalue weighted by Gasteiger charge is -2.34. The van der Waals surface area contributed by atoms with Crippen LogP contribution in [0.2, 0.25) is 0 Å². The molecule has 2 aliphatic heterocycles. The molecule has 10 heteroatoms. The van der Waals surface area contributed by atoms with Crippen LogP contribution >= 0.6 is 11.9 Å². The molecule has 0 radical (unpaired) electrons. The summed E-state index contributed by atoms with van der Waals surface area (Å²) in [5.74, 6) is -6.13. The number of rotatable bonds is 7. The Kier molecular flexibility index (Phi) is 6.97. The first-order chi connectivity index (χ1) is 15.7. The van der Waals surface area contributed by atoms with Gasteiger partial charge in [-0.3, -0.25) is 9.52 Å². The molecule has 2 saturated heterocycles. The summed E-state index contributed by atoms with van der Waals surface area (Å²) in [5, 5.41) is 0. The van der Waals surface area contributed by atoms with Crippen molar-refractivity contribution in [2.45, 2.75) is 43.9 Å². The molecular weight excluding hydrogens is 463 g/mol. The van der Waals surface area contributed by atoms with Crippen LogP contribution in [0.25, 0.3) is 11.1 Å². The summed E-state index contributed by atoms with van der Waals surface area (Å²) < 4.78 is 80.2. The molecule has 1 unspecified atom stereocenters. The maximum atomic E-state index is 15.4. The normalized spacial score (nSPS) is 24.1. The molecule has 1 N–H and O–H groups in total. The van der Waals surface area contributed by atoms with Crippen molar-refractivity contribution < 1.29 is 31.5 Å². The molecule has 4 rings (SSSR count). The number of hydrogen-bond acceptors (Lipinski definition) is 4. The summed E-state index contributed by atoms with van der Waals surface area (Å²) >= 11 is 1.10. The van der Waals surface area contributed by atoms with Gasteiger partial charge in [-0.2, -0.15) is 0 Å². The van der Waals surface area contributed by atoms with E-state index in [0.717, 1.165) is 29.0 Å². The van der Waals surface area contributed by atoms with Crippen LogP contribution in [0.15, 0.2) is 36.4 Å². The molecule has 33 heavy (non-hydrogen) atoms. The van der Waals surface area contributed by atoms with Crippen molar-refractivity contribution in [3.63, 3.8) is 0 Å². The molecule has 0 bridgehead atoms. The van der Waals surface area contributed by atoms with Gasteiger partial charge in [0.1, 0.15) is 18.0 Å². The van der Waals surface area contributed by atoms with Gasteiger partial charge < -0.3 is 9.64 Å². The lowest BCUT2D eigenvalue weighted by molar-refractivity contribution is -0.158. The standard InChI is InChI=1S/C23H23F5N2O2S/c1-2-33-29-21-18(30(12-23(21,27)28)22(31)19-8-9-32-19)11-14-4-3-5-15(20(14)26)13-6-7-16(24)17(25)10-13/h3-7,10,18-19,21,29H,2,8-9,11-12H2,1H3/t18-,19?,21+/m0/s1. The van der Waals surface area contributed by atoms with Crippen molar-refractivity contribution in [1.29, 1.82) is 0 Å². The van der Waals surface area contributed by atoms with Crippen molar-refractivity contribution in [3.05, 3.63) is 59.4 Å². The number of amides is 1. The molecule has 4 nitrogen and oxygen atoms in total. The fourth-order valence-corrected chi connectivity index (χ4v) is 4.85. The Bertz CT molecular complexity index is 1030. The number of likely N-dealkylation sites (tertiary alicyclic amines) is 1. The molecule has 2 aromatic rings. The molecule has 178 valence electrons. The molecule has 2 heterocycles. The maximum Gasteiger partial charge on any atom is 0.283 e. The third kappa shape index (κ3) is 4.74. The van der Waals surface area contributed by atoms with Crippen LogP contribution < -0.4 is 4.72 Å². The van der Waals surface area contributed by atoms with E-state index >= 15 is 4.39 Å². The summed E-state index contributed by atoms with van der Waals surface area (Å²) in [6.07, 6.45) is -0.492. The zero-order valence-electron chi connectivity index (χ0n) is 17.8. The van der Waals surface area contributed by atoms with Gasteiger partial charge in [-0.1, -0.05) is 43.1 Å². The Morgan fingerprint density at radius 3 is 2.61 bits per heavy atom. The van der Waals surface area contributed by atoms with Gasteiger partial charge in [-0.05, 0) is 29.7 Å². The highest BCUT2D eigenvalue weighted by molar-refractivity contribution is 7.97. The minimum Gasteiger partial charge on any atom is -0.368 e. The Hall–Kier alpha value is -2.17. The summed E-state index contributed by atoms with van der Waals surface area (Å²) in [6, 6.07) is 4.98. The number of ether oxygens (including phenoxy) is 1. The van der Waals surface area contributed by atoms with Crippen molar-refractivity contribution in [2.75, 3.05) is 18.9 Å². The van der Waals surface area contributed by atoms with Gasteiger partial charge >= 0.3 is 0 Å². The largest absolute Gasteiger partial charge is 0.368 e. The van der Waals surface area contributed by atoms with Crippen LogP contribution in [0, 0.1) is 17.5 Å². The van der Waals surface area contributed by atoms with Gasteiger partial charge in [0.05, 0.1) is 19.2 Å². The van der Waals surface area contributed by atoms with E-state index in [-0.39, 0.29) is 23.1 Å². The van der Waals surface area contributed by atoms with E-state index in [1.165, 1.54) is 24.3 Å². The van der Waals surface area contributed by atoms with E-state index in [1.54, 1.807) is 6.92 Å². The number of nitrogens with one attached hydrogen (secondary N) is 1. The molecule has 2 fully saturated rings. The van der Waals surface area contributed by atoms with Crippen LogP contribution in [0.1, 0.15) is 18.9 Å². The second-order valence-electron chi connectivity index (χ2n) is 8.08. The molecule has 3 atom stereocenters. The number of alkyl halides is 2. The zero-order valence-corrected chi connectivity index (χ0v) is 18.6. The molecular formula is C23H23F5N2O2S. The maximum absolute atomic E-state index is 15.4. The summed E-state index contributed by atoms with van der Waals surface area (Å²) in [6.45, 7) is 1.40. The Balaban J connectivity index is 1.67. The number of halogens is 5. The fraction of sp³-hybridized carbons (Fsp3) is 0.435. The molecule has 0 aromatic heterocycles. The first kappa shape index (κ1) is 24.0. The summed E-state index contributed by atoms with van der Waals surface area (Å²) in [5.41, 5.74) is 0.237. The van der Waals surface area contributed by atoms with Crippen LogP contribution in [-0.4, -0.2) is 53.8 Å². The highest BCUT2D eigenvalue weighted by atomic mass is 32.2. The van der Waals surface area contributed by atoms with E-state index < -0.39 is 54.0 Å². The number of benzene rings is 2. The van der Waals surface area contributed by atoms with E-state index in [0.29, 0.717) is 18.8 Å². The van der Waals surface area contributed by atoms with E-state index in [9.17, 15) is 22.4 Å². The van der Waals surface area contributed by atoms with Gasteiger partial charge in [0.2, 0.25) is 0 Å². The third-order valence-corrected chi connectivity index (χ3v) is 6.68. The average Bonchev–Trinajstić information content (AvgIpc) is 2.98. The van der Waals surface area contributed by atoms with Gasteiger partial charge in [0.25, 0.3) is 11.8 Å². The Morgan fingerprint density at radius 1 is 1.21 bits per heavy atom. The third-order valence-electron chi connectivity index (χ3n) is 5.97. The number of nitrogens with zero attached hydrogens (tertiary/aromatic N) is 1. The van der Waals surface area contributed by atoms with E-state index in [4.69, 9.17) is 4.74 Å². The molecule has 0 spiro atoms. The van der Waals surface area contributed by atoms with E-state index in [1.807, 2.05) is 0 Å². The minimum atomic E-state index is -3.22. The first-order valence-electron chi connectivity index (χ1n) is 10.6. The lowest BCUT2D eigenvalue weighted by Crippen LogP contribution is -2.51. The van der Waals surface area contributed by atoms with Gasteiger partial charge in [-0.15, -0.1) is 0 Å². The van der Waals surface area contributed by atoms with Gasteiger partial charge in [0, 0.05) is 17.7 Å². The van der Waals surface area contributed by atoms with Crippen molar-refractivity contribution in [2.24, 2.45) is 0 Å². The summed E-state index contributed by atoms with van der Waals surface area (Å²) in [4.78, 5) is 13.9. The van der Waals surface area contributed by atoms with Gasteiger partial charge in [-0.25, -0.2) is 22.0 Å². The number of carbonyl (C=O) groups excluding carboxylic acids is 1. The van der Waals surface area contributed by atoms with Crippen LogP contribution in [0.4, 0.5) is 22.0 Å². The monoisotopic (exact) mass is 486 g/mol. The number of carbonyl (C=O) groups is 1. The van der Waals surface area contributed by atoms with E-state index in [2.05, 4.69) is 4.72 Å². The highest BCUT2D eigenvalue weighted by Gasteiger charge is 2.57. The predicted molar refractivity (Wildman–Crippen MR) is 115 cm³/mol. The van der Waals surface area contributed by atoms with Crippen LogP contribution in [-0.2, 0) is 16.0 Å². The van der Waals surface area contributed by atoms with Crippen LogP contribution in [0.3, 0.4) is 0 Å². The van der Waals surface area contributed by atoms with Crippen LogP contribution in [0.5, 0.6) is 0 Å². The molecule has 1 amide bonds. The average molecular weight is 487 g/mol. The zero-order chi connectivity index (χ0) is 23.8. The molecule has 2 aliphatic rings. The van der Waals surface area contributed by atoms with Crippen molar-refractivity contribution >= 4 is 17.9 Å². The molecule has 2 aromatic carbocycles. The number of hydrogen-bond donors (Lipinski definition) is 1. The SMILES string of the molecule is CCSN[C@@H]1[C@H](Cc2cccc(-c3ccc(F)c(F)c3)c2F)N(C(=O)C2CCO2)CC1(F)F. The Morgan fingerprint density at radius 2 is 1.97 bits per heavy atom. The van der Waals surface area contributed by atoms with Gasteiger partial charge in [0.15, 0.2) is 11.6 Å². The van der Waals surface area contributed by atoms with Crippen molar-refractivity contribution in [1.82, 2.24) is 9.62 Å². The smallest absolute Gasteiger partial charge is 0.283 e. The van der Waals surface area contributed by atoms with Crippen molar-refractivity contribution in [3.8, 4) is 11.1 Å². The predicted octanol–water partition coefficient (Wildman–Crippen LogP) is 4.57. The quantitative estimate of drug-likeness (QED) is 0.460. The second-order valence-corrected chi connectivity index (χ2v) is 9.18. The Labute approximate surface area is 192 Å². The summed E-state index contributed by atoms with van der Waals surface area (Å²) in [7, 11) is 0. The fourth-order valence-electron chi connectivity index (χ4n) is 4.18. The molecule has 0 saturated carbocycles. The molecule has 0 aliphatic carbocycles. The lowest BCUT2D eigenvalue weighted by atomic mass is 9.95. The minimum absolute atomic E-state index is 0.0174. The first-order valence-corrected chi connectivity index (χ1v) is 11.6. The topological polar surface area (TPSA) is 41.6 Å². The second kappa shape index (κ2) is 9.60. The highest BCUT2D eigenvalue weighted by Crippen LogP contribution is 2.38.